The van der Waals surface area contributed by atoms with Crippen molar-refractivity contribution in [3.8, 4) is 0 Å². The predicted molar refractivity (Wildman–Crippen MR) is 86.9 cm³/mol. The van der Waals surface area contributed by atoms with Crippen LogP contribution in [0, 0.1) is 17.0 Å². The molecule has 0 aromatic heterocycles. The first-order chi connectivity index (χ1) is 10.5. The second kappa shape index (κ2) is 6.87. The Bertz CT molecular complexity index is 740. The van der Waals surface area contributed by atoms with Crippen LogP contribution < -0.4 is 5.32 Å². The molecule has 0 atom stereocenters. The standard InChI is InChI=1S/C16H13ClN2O3/c1-11-2-8-14(15(10-11)19(21)22)18-16(20)9-5-12-3-6-13(17)7-4-12/h2-10H,1H3,(H,18,20)/b9-5+. The smallest absolute Gasteiger partial charge is 0.293 e. The first kappa shape index (κ1) is 15.7. The Morgan fingerprint density at radius 2 is 1.91 bits per heavy atom. The first-order valence-electron chi connectivity index (χ1n) is 6.45. The van der Waals surface area contributed by atoms with E-state index >= 15 is 0 Å². The molecule has 2 rings (SSSR count). The molecule has 22 heavy (non-hydrogen) atoms. The van der Waals surface area contributed by atoms with Gasteiger partial charge in [0.05, 0.1) is 4.92 Å². The number of rotatable bonds is 4. The van der Waals surface area contributed by atoms with Gasteiger partial charge in [-0.15, -0.1) is 0 Å². The van der Waals surface area contributed by atoms with Crippen LogP contribution in [0.1, 0.15) is 11.1 Å². The van der Waals surface area contributed by atoms with Crippen LogP contribution in [0.15, 0.2) is 48.5 Å². The quantitative estimate of drug-likeness (QED) is 0.521. The zero-order valence-corrected chi connectivity index (χ0v) is 12.5. The maximum Gasteiger partial charge on any atom is 0.293 e. The molecule has 0 radical (unpaired) electrons. The monoisotopic (exact) mass is 316 g/mol. The lowest BCUT2D eigenvalue weighted by Crippen LogP contribution is -2.09. The average Bonchev–Trinajstić information content (AvgIpc) is 2.48. The molecule has 6 heteroatoms. The van der Waals surface area contributed by atoms with Crippen LogP contribution in [0.2, 0.25) is 5.02 Å². The number of anilines is 1. The van der Waals surface area contributed by atoms with Gasteiger partial charge in [0.25, 0.3) is 5.69 Å². The Morgan fingerprint density at radius 1 is 1.23 bits per heavy atom. The van der Waals surface area contributed by atoms with Crippen molar-refractivity contribution in [1.29, 1.82) is 0 Å². The molecule has 0 saturated carbocycles. The number of nitro benzene ring substituents is 1. The van der Waals surface area contributed by atoms with Gasteiger partial charge in [-0.3, -0.25) is 14.9 Å². The lowest BCUT2D eigenvalue weighted by Gasteiger charge is -2.04. The number of nitrogens with one attached hydrogen (secondary N) is 1. The number of carbonyl (C=O) groups excluding carboxylic acids is 1. The molecule has 5 nitrogen and oxygen atoms in total. The molecular formula is C16H13ClN2O3. The Labute approximate surface area is 132 Å². The molecule has 2 aromatic carbocycles. The fourth-order valence-corrected chi connectivity index (χ4v) is 1.94. The highest BCUT2D eigenvalue weighted by Crippen LogP contribution is 2.25. The minimum absolute atomic E-state index is 0.131. The van der Waals surface area contributed by atoms with Crippen molar-refractivity contribution in [3.05, 3.63) is 74.8 Å². The summed E-state index contributed by atoms with van der Waals surface area (Å²) in [6.45, 7) is 1.75. The number of hydrogen-bond acceptors (Lipinski definition) is 3. The third kappa shape index (κ3) is 4.17. The number of nitrogens with zero attached hydrogens (tertiary/aromatic N) is 1. The van der Waals surface area contributed by atoms with Crippen molar-refractivity contribution in [2.45, 2.75) is 6.92 Å². The molecule has 112 valence electrons. The minimum atomic E-state index is -0.522. The van der Waals surface area contributed by atoms with Crippen LogP contribution in [0.5, 0.6) is 0 Å². The van der Waals surface area contributed by atoms with Gasteiger partial charge in [0.15, 0.2) is 0 Å². The first-order valence-corrected chi connectivity index (χ1v) is 6.83. The highest BCUT2D eigenvalue weighted by atomic mass is 35.5. The number of carbonyl (C=O) groups is 1. The average molecular weight is 317 g/mol. The third-order valence-electron chi connectivity index (χ3n) is 2.90. The molecule has 0 unspecified atom stereocenters. The summed E-state index contributed by atoms with van der Waals surface area (Å²) < 4.78 is 0. The van der Waals surface area contributed by atoms with E-state index < -0.39 is 10.8 Å². The second-order valence-electron chi connectivity index (χ2n) is 4.65. The van der Waals surface area contributed by atoms with Crippen LogP contribution in [0.3, 0.4) is 0 Å². The number of nitro groups is 1. The van der Waals surface area contributed by atoms with Gasteiger partial charge in [-0.2, -0.15) is 0 Å². The number of amides is 1. The predicted octanol–water partition coefficient (Wildman–Crippen LogP) is 4.21. The molecule has 0 saturated heterocycles. The minimum Gasteiger partial charge on any atom is -0.317 e. The van der Waals surface area contributed by atoms with E-state index in [4.69, 9.17) is 11.6 Å². The number of hydrogen-bond donors (Lipinski definition) is 1. The molecule has 1 amide bonds. The van der Waals surface area contributed by atoms with Gasteiger partial charge in [-0.25, -0.2) is 0 Å². The van der Waals surface area contributed by atoms with E-state index in [0.717, 1.165) is 11.1 Å². The summed E-state index contributed by atoms with van der Waals surface area (Å²) in [7, 11) is 0. The molecule has 0 spiro atoms. The van der Waals surface area contributed by atoms with Crippen LogP contribution in [0.25, 0.3) is 6.08 Å². The second-order valence-corrected chi connectivity index (χ2v) is 5.09. The number of benzene rings is 2. The summed E-state index contributed by atoms with van der Waals surface area (Å²) in [6, 6.07) is 11.6. The van der Waals surface area contributed by atoms with E-state index in [9.17, 15) is 14.9 Å². The largest absolute Gasteiger partial charge is 0.317 e. The summed E-state index contributed by atoms with van der Waals surface area (Å²) in [5, 5.41) is 14.1. The molecule has 0 bridgehead atoms. The van der Waals surface area contributed by atoms with Crippen LogP contribution >= 0.6 is 11.6 Å². The van der Waals surface area contributed by atoms with Crippen molar-refractivity contribution in [2.75, 3.05) is 5.32 Å². The fraction of sp³-hybridized carbons (Fsp3) is 0.0625. The Kier molecular flexibility index (Phi) is 4.91. The van der Waals surface area contributed by atoms with E-state index in [-0.39, 0.29) is 11.4 Å². The number of aryl methyl sites for hydroxylation is 1. The van der Waals surface area contributed by atoms with Gasteiger partial charge in [0, 0.05) is 17.2 Å². The Balaban J connectivity index is 2.12. The van der Waals surface area contributed by atoms with Crippen molar-refractivity contribution in [2.24, 2.45) is 0 Å². The summed E-state index contributed by atoms with van der Waals surface area (Å²) in [6.07, 6.45) is 2.92. The molecule has 0 heterocycles. The summed E-state index contributed by atoms with van der Waals surface area (Å²) in [5.41, 5.74) is 1.59. The zero-order chi connectivity index (χ0) is 16.1. The van der Waals surface area contributed by atoms with E-state index in [1.165, 1.54) is 18.2 Å². The van der Waals surface area contributed by atoms with Crippen molar-refractivity contribution >= 4 is 35.0 Å². The summed E-state index contributed by atoms with van der Waals surface area (Å²) in [5.74, 6) is -0.443. The topological polar surface area (TPSA) is 72.2 Å². The zero-order valence-electron chi connectivity index (χ0n) is 11.7. The molecule has 0 aliphatic carbocycles. The van der Waals surface area contributed by atoms with Gasteiger partial charge < -0.3 is 5.32 Å². The van der Waals surface area contributed by atoms with Gasteiger partial charge >= 0.3 is 0 Å². The Morgan fingerprint density at radius 3 is 2.55 bits per heavy atom. The molecule has 0 aliphatic heterocycles. The molecular weight excluding hydrogens is 304 g/mol. The lowest BCUT2D eigenvalue weighted by atomic mass is 10.2. The third-order valence-corrected chi connectivity index (χ3v) is 3.16. The van der Waals surface area contributed by atoms with Crippen LogP contribution in [-0.4, -0.2) is 10.8 Å². The van der Waals surface area contributed by atoms with E-state index in [1.54, 1.807) is 43.3 Å². The maximum absolute atomic E-state index is 11.9. The van der Waals surface area contributed by atoms with E-state index in [0.29, 0.717) is 5.02 Å². The SMILES string of the molecule is Cc1ccc(NC(=O)/C=C/c2ccc(Cl)cc2)c([N+](=O)[O-])c1. The van der Waals surface area contributed by atoms with Crippen LogP contribution in [0.4, 0.5) is 11.4 Å². The van der Waals surface area contributed by atoms with Crippen LogP contribution in [-0.2, 0) is 4.79 Å². The molecule has 0 aliphatic rings. The Hall–Kier alpha value is -2.66. The highest BCUT2D eigenvalue weighted by Gasteiger charge is 2.14. The normalized spacial score (nSPS) is 10.6. The summed E-state index contributed by atoms with van der Waals surface area (Å²) >= 11 is 5.77. The molecule has 2 aromatic rings. The van der Waals surface area contributed by atoms with Gasteiger partial charge in [0.2, 0.25) is 5.91 Å². The van der Waals surface area contributed by atoms with Gasteiger partial charge in [-0.1, -0.05) is 29.8 Å². The van der Waals surface area contributed by atoms with Crippen molar-refractivity contribution < 1.29 is 9.72 Å². The van der Waals surface area contributed by atoms with Gasteiger partial charge in [-0.05, 0) is 42.3 Å². The lowest BCUT2D eigenvalue weighted by molar-refractivity contribution is -0.384. The van der Waals surface area contributed by atoms with Crippen molar-refractivity contribution in [3.63, 3.8) is 0 Å². The molecule has 0 fully saturated rings. The van der Waals surface area contributed by atoms with E-state index in [2.05, 4.69) is 5.32 Å². The number of halogens is 1. The summed E-state index contributed by atoms with van der Waals surface area (Å²) in [4.78, 5) is 22.3. The molecule has 1 N–H and O–H groups in total. The highest BCUT2D eigenvalue weighted by molar-refractivity contribution is 6.30. The fourth-order valence-electron chi connectivity index (χ4n) is 1.82. The maximum atomic E-state index is 11.9. The van der Waals surface area contributed by atoms with Gasteiger partial charge in [0.1, 0.15) is 5.69 Å². The van der Waals surface area contributed by atoms with Crippen molar-refractivity contribution in [1.82, 2.24) is 0 Å². The van der Waals surface area contributed by atoms with E-state index in [1.807, 2.05) is 0 Å².